The lowest BCUT2D eigenvalue weighted by Gasteiger charge is -2.30. The number of benzene rings is 1. The maximum absolute atomic E-state index is 12.9. The third kappa shape index (κ3) is 3.49. The van der Waals surface area contributed by atoms with Crippen LogP contribution in [0.4, 0.5) is 4.79 Å². The Morgan fingerprint density at radius 2 is 1.93 bits per heavy atom. The number of rotatable bonds is 5. The van der Waals surface area contributed by atoms with Crippen molar-refractivity contribution >= 4 is 29.1 Å². The van der Waals surface area contributed by atoms with Gasteiger partial charge in [-0.25, -0.2) is 4.79 Å². The summed E-state index contributed by atoms with van der Waals surface area (Å²) >= 11 is 1.33. The van der Waals surface area contributed by atoms with Crippen LogP contribution in [0.1, 0.15) is 52.9 Å². The summed E-state index contributed by atoms with van der Waals surface area (Å²) in [5, 5.41) is 12.4. The van der Waals surface area contributed by atoms with E-state index in [-0.39, 0.29) is 24.8 Å². The highest BCUT2D eigenvalue weighted by Gasteiger charge is 2.51. The topological polar surface area (TPSA) is 86.7 Å². The zero-order valence-corrected chi connectivity index (χ0v) is 17.2. The van der Waals surface area contributed by atoms with Crippen LogP contribution >= 0.6 is 11.3 Å². The minimum absolute atomic E-state index is 0.0820. The number of urea groups is 1. The van der Waals surface area contributed by atoms with Gasteiger partial charge in [0.1, 0.15) is 5.54 Å². The maximum Gasteiger partial charge on any atom is 0.325 e. The molecular formula is C22H24N2O4S. The molecule has 3 amide bonds. The molecule has 0 unspecified atom stereocenters. The van der Waals surface area contributed by atoms with Gasteiger partial charge in [0.2, 0.25) is 0 Å². The van der Waals surface area contributed by atoms with E-state index in [2.05, 4.69) is 5.32 Å². The molecule has 1 aliphatic heterocycles. The molecule has 2 N–H and O–H groups in total. The van der Waals surface area contributed by atoms with Gasteiger partial charge in [0.15, 0.2) is 5.78 Å². The Labute approximate surface area is 173 Å². The van der Waals surface area contributed by atoms with Crippen molar-refractivity contribution in [2.45, 2.75) is 51.2 Å². The Balaban J connectivity index is 1.55. The second kappa shape index (κ2) is 7.72. The minimum Gasteiger partial charge on any atom is -0.392 e. The average molecular weight is 413 g/mol. The van der Waals surface area contributed by atoms with Gasteiger partial charge in [0.25, 0.3) is 5.91 Å². The molecule has 6 nitrogen and oxygen atoms in total. The van der Waals surface area contributed by atoms with Gasteiger partial charge in [0.05, 0.1) is 18.0 Å². The van der Waals surface area contributed by atoms with Gasteiger partial charge in [-0.05, 0) is 42.5 Å². The summed E-state index contributed by atoms with van der Waals surface area (Å²) in [7, 11) is 0. The molecule has 1 aromatic heterocycles. The molecule has 1 saturated heterocycles. The van der Waals surface area contributed by atoms with Crippen LogP contribution < -0.4 is 5.32 Å². The van der Waals surface area contributed by atoms with E-state index in [4.69, 9.17) is 0 Å². The van der Waals surface area contributed by atoms with Crippen LogP contribution in [0.25, 0.3) is 10.4 Å². The van der Waals surface area contributed by atoms with Gasteiger partial charge in [0, 0.05) is 4.88 Å². The number of amides is 3. The normalized spacial score (nSPS) is 18.3. The second-order valence-electron chi connectivity index (χ2n) is 7.83. The lowest BCUT2D eigenvalue weighted by molar-refractivity contribution is -0.132. The highest BCUT2D eigenvalue weighted by Crippen LogP contribution is 2.36. The fraction of sp³-hybridized carbons (Fsp3) is 0.409. The lowest BCUT2D eigenvalue weighted by Crippen LogP contribution is -2.48. The number of aliphatic hydroxyl groups excluding tert-OH is 1. The van der Waals surface area contributed by atoms with E-state index in [1.54, 1.807) is 6.07 Å². The Morgan fingerprint density at radius 3 is 2.66 bits per heavy atom. The molecular weight excluding hydrogens is 388 g/mol. The third-order valence-corrected chi connectivity index (χ3v) is 7.19. The number of carbonyl (C=O) groups excluding carboxylic acids is 3. The van der Waals surface area contributed by atoms with Crippen molar-refractivity contribution in [3.8, 4) is 10.4 Å². The fourth-order valence-electron chi connectivity index (χ4n) is 4.30. The van der Waals surface area contributed by atoms with E-state index in [0.29, 0.717) is 17.7 Å². The highest BCUT2D eigenvalue weighted by atomic mass is 32.1. The van der Waals surface area contributed by atoms with Crippen molar-refractivity contribution in [2.24, 2.45) is 0 Å². The van der Waals surface area contributed by atoms with Gasteiger partial charge in [-0.3, -0.25) is 14.5 Å². The summed E-state index contributed by atoms with van der Waals surface area (Å²) < 4.78 is 0. The van der Waals surface area contributed by atoms with Gasteiger partial charge in [-0.2, -0.15) is 0 Å². The summed E-state index contributed by atoms with van der Waals surface area (Å²) in [6, 6.07) is 8.86. The quantitative estimate of drug-likeness (QED) is 0.580. The monoisotopic (exact) mass is 412 g/mol. The van der Waals surface area contributed by atoms with Gasteiger partial charge >= 0.3 is 6.03 Å². The summed E-state index contributed by atoms with van der Waals surface area (Å²) in [5.74, 6) is -0.517. The molecule has 4 rings (SSSR count). The molecule has 1 saturated carbocycles. The van der Waals surface area contributed by atoms with E-state index in [0.717, 1.165) is 45.7 Å². The third-order valence-electron chi connectivity index (χ3n) is 5.88. The number of hydrogen-bond acceptors (Lipinski definition) is 5. The summed E-state index contributed by atoms with van der Waals surface area (Å²) in [5.41, 5.74) is 1.81. The summed E-state index contributed by atoms with van der Waals surface area (Å²) in [6.07, 6.45) is 4.17. The largest absolute Gasteiger partial charge is 0.392 e. The number of imide groups is 1. The SMILES string of the molecule is Cc1cc(C(=O)CN2C(=O)NC3(CCCCC3)C2=O)sc1-c1ccccc1CO. The second-order valence-corrected chi connectivity index (χ2v) is 8.88. The van der Waals surface area contributed by atoms with Crippen LogP contribution in [-0.2, 0) is 11.4 Å². The highest BCUT2D eigenvalue weighted by molar-refractivity contribution is 7.17. The van der Waals surface area contributed by atoms with Crippen molar-refractivity contribution in [2.75, 3.05) is 6.54 Å². The number of nitrogens with one attached hydrogen (secondary N) is 1. The Hall–Kier alpha value is -2.51. The maximum atomic E-state index is 12.9. The predicted octanol–water partition coefficient (Wildman–Crippen LogP) is 3.65. The first-order chi connectivity index (χ1) is 13.9. The van der Waals surface area contributed by atoms with E-state index >= 15 is 0 Å². The molecule has 7 heteroatoms. The predicted molar refractivity (Wildman–Crippen MR) is 111 cm³/mol. The first kappa shape index (κ1) is 19.8. The fourth-order valence-corrected chi connectivity index (χ4v) is 5.47. The molecule has 1 aromatic carbocycles. The number of nitrogens with zero attached hydrogens (tertiary/aromatic N) is 1. The van der Waals surface area contributed by atoms with Crippen LogP contribution in [0.3, 0.4) is 0 Å². The smallest absolute Gasteiger partial charge is 0.325 e. The van der Waals surface area contributed by atoms with Gasteiger partial charge in [-0.15, -0.1) is 11.3 Å². The number of hydrogen-bond donors (Lipinski definition) is 2. The summed E-state index contributed by atoms with van der Waals surface area (Å²) in [6.45, 7) is 1.59. The van der Waals surface area contributed by atoms with Crippen LogP contribution in [0.5, 0.6) is 0 Å². The lowest BCUT2D eigenvalue weighted by atomic mass is 9.82. The molecule has 0 radical (unpaired) electrons. The van der Waals surface area contributed by atoms with Crippen molar-refractivity contribution < 1.29 is 19.5 Å². The molecule has 0 atom stereocenters. The van der Waals surface area contributed by atoms with Crippen LogP contribution in [0.15, 0.2) is 30.3 Å². The number of Topliss-reactive ketones (excluding diaryl/α,β-unsaturated/α-hetero) is 1. The standard InChI is InChI=1S/C22H24N2O4S/c1-14-11-18(29-19(14)16-8-4-3-7-15(16)13-25)17(26)12-24-20(27)22(23-21(24)28)9-5-2-6-10-22/h3-4,7-8,11,25H,2,5-6,9-10,12-13H2,1H3,(H,23,28). The molecule has 1 aliphatic carbocycles. The number of aliphatic hydroxyl groups is 1. The minimum atomic E-state index is -0.813. The number of ketones is 1. The number of carbonyl (C=O) groups is 3. The van der Waals surface area contributed by atoms with E-state index in [9.17, 15) is 19.5 Å². The van der Waals surface area contributed by atoms with Crippen LogP contribution in [0.2, 0.25) is 0 Å². The molecule has 152 valence electrons. The molecule has 2 aromatic rings. The van der Waals surface area contributed by atoms with Gasteiger partial charge in [-0.1, -0.05) is 43.5 Å². The summed E-state index contributed by atoms with van der Waals surface area (Å²) in [4.78, 5) is 40.7. The zero-order valence-electron chi connectivity index (χ0n) is 16.4. The van der Waals surface area contributed by atoms with Crippen LogP contribution in [-0.4, -0.2) is 39.8 Å². The molecule has 0 bridgehead atoms. The average Bonchev–Trinajstić information content (AvgIpc) is 3.22. The van der Waals surface area contributed by atoms with E-state index in [1.807, 2.05) is 31.2 Å². The first-order valence-electron chi connectivity index (χ1n) is 9.92. The molecule has 1 spiro atoms. The molecule has 2 aliphatic rings. The first-order valence-corrected chi connectivity index (χ1v) is 10.7. The zero-order chi connectivity index (χ0) is 20.6. The Bertz CT molecular complexity index is 975. The van der Waals surface area contributed by atoms with E-state index < -0.39 is 11.6 Å². The van der Waals surface area contributed by atoms with Crippen molar-refractivity contribution in [3.63, 3.8) is 0 Å². The van der Waals surface area contributed by atoms with Crippen LogP contribution in [0, 0.1) is 6.92 Å². The molecule has 29 heavy (non-hydrogen) atoms. The number of aryl methyl sites for hydroxylation is 1. The molecule has 2 heterocycles. The molecule has 2 fully saturated rings. The van der Waals surface area contributed by atoms with Gasteiger partial charge < -0.3 is 10.4 Å². The number of thiophene rings is 1. The van der Waals surface area contributed by atoms with Crippen molar-refractivity contribution in [1.29, 1.82) is 0 Å². The van der Waals surface area contributed by atoms with E-state index in [1.165, 1.54) is 11.3 Å². The van der Waals surface area contributed by atoms with Crippen molar-refractivity contribution in [1.82, 2.24) is 10.2 Å². The van der Waals surface area contributed by atoms with Crippen molar-refractivity contribution in [3.05, 3.63) is 46.3 Å². The Morgan fingerprint density at radius 1 is 1.21 bits per heavy atom. The Kier molecular flexibility index (Phi) is 5.27.